The Labute approximate surface area is 75.1 Å². The first-order chi connectivity index (χ1) is 6.25. The third-order valence-electron chi connectivity index (χ3n) is 1.82. The van der Waals surface area contributed by atoms with Crippen LogP contribution >= 0.6 is 0 Å². The van der Waals surface area contributed by atoms with Gasteiger partial charge in [0, 0.05) is 6.07 Å². The van der Waals surface area contributed by atoms with E-state index < -0.39 is 0 Å². The van der Waals surface area contributed by atoms with Gasteiger partial charge in [0.1, 0.15) is 11.5 Å². The number of nitrogens with one attached hydrogen (secondary N) is 1. The zero-order valence-corrected chi connectivity index (χ0v) is 6.91. The van der Waals surface area contributed by atoms with Crippen LogP contribution in [-0.4, -0.2) is 17.6 Å². The van der Waals surface area contributed by atoms with E-state index in [1.165, 1.54) is 12.1 Å². The van der Waals surface area contributed by atoms with Gasteiger partial charge in [-0.05, 0) is 12.1 Å². The van der Waals surface area contributed by atoms with E-state index in [0.717, 1.165) is 0 Å². The molecule has 0 atom stereocenters. The molecule has 0 unspecified atom stereocenters. The molecule has 1 aromatic rings. The molecule has 0 bridgehead atoms. The fourth-order valence-corrected chi connectivity index (χ4v) is 1.21. The minimum absolute atomic E-state index is 0.0932. The summed E-state index contributed by atoms with van der Waals surface area (Å²) in [7, 11) is 0. The van der Waals surface area contributed by atoms with Crippen molar-refractivity contribution in [2.45, 2.75) is 6.42 Å². The molecule has 1 heterocycles. The lowest BCUT2D eigenvalue weighted by Gasteiger charge is -2.06. The number of hydrogen-bond acceptors (Lipinski definition) is 3. The van der Waals surface area contributed by atoms with E-state index >= 15 is 0 Å². The lowest BCUT2D eigenvalue weighted by Crippen LogP contribution is -2.10. The molecule has 4 nitrogen and oxygen atoms in total. The van der Waals surface area contributed by atoms with Crippen LogP contribution in [0.25, 0.3) is 0 Å². The first kappa shape index (κ1) is 7.91. The summed E-state index contributed by atoms with van der Waals surface area (Å²) >= 11 is 0. The van der Waals surface area contributed by atoms with Crippen LogP contribution in [0.1, 0.15) is 6.42 Å². The van der Waals surface area contributed by atoms with E-state index in [1.807, 2.05) is 0 Å². The van der Waals surface area contributed by atoms with Crippen molar-refractivity contribution >= 4 is 11.6 Å². The summed E-state index contributed by atoms with van der Waals surface area (Å²) in [4.78, 5) is 11.1. The normalized spacial score (nSPS) is 15.2. The molecule has 0 aliphatic carbocycles. The minimum atomic E-state index is -0.0932. The Bertz CT molecular complexity index is 349. The minimum Gasteiger partial charge on any atom is -0.508 e. The van der Waals surface area contributed by atoms with Crippen LogP contribution in [0.4, 0.5) is 5.69 Å². The van der Waals surface area contributed by atoms with E-state index in [1.54, 1.807) is 6.07 Å². The molecule has 1 aliphatic heterocycles. The Morgan fingerprint density at radius 3 is 3.15 bits per heavy atom. The van der Waals surface area contributed by atoms with Crippen LogP contribution in [0.15, 0.2) is 18.2 Å². The number of phenolic OH excluding ortho intramolecular Hbond substituents is 1. The molecule has 1 aliphatic rings. The molecule has 68 valence electrons. The van der Waals surface area contributed by atoms with Gasteiger partial charge < -0.3 is 15.2 Å². The topological polar surface area (TPSA) is 58.6 Å². The molecule has 0 fully saturated rings. The summed E-state index contributed by atoms with van der Waals surface area (Å²) in [5.74, 6) is 0.623. The number of carbonyl (C=O) groups is 1. The summed E-state index contributed by atoms with van der Waals surface area (Å²) in [5, 5.41) is 11.8. The van der Waals surface area contributed by atoms with E-state index in [9.17, 15) is 4.79 Å². The maximum Gasteiger partial charge on any atom is 0.227 e. The second kappa shape index (κ2) is 2.97. The highest BCUT2D eigenvalue weighted by Gasteiger charge is 2.13. The molecular weight excluding hydrogens is 170 g/mol. The van der Waals surface area contributed by atoms with Gasteiger partial charge in [-0.2, -0.15) is 0 Å². The Hall–Kier alpha value is -1.71. The van der Waals surface area contributed by atoms with Gasteiger partial charge in [0.05, 0.1) is 18.7 Å². The third-order valence-corrected chi connectivity index (χ3v) is 1.82. The lowest BCUT2D eigenvalue weighted by molar-refractivity contribution is -0.116. The summed E-state index contributed by atoms with van der Waals surface area (Å²) in [6, 6.07) is 4.63. The van der Waals surface area contributed by atoms with E-state index in [0.29, 0.717) is 24.5 Å². The SMILES string of the molecule is O=C1CCOc2ccc(O)cc2N1. The number of fused-ring (bicyclic) bond motifs is 1. The average Bonchev–Trinajstić information content (AvgIpc) is 2.25. The zero-order chi connectivity index (χ0) is 9.26. The molecule has 13 heavy (non-hydrogen) atoms. The van der Waals surface area contributed by atoms with Crippen LogP contribution in [0.3, 0.4) is 0 Å². The van der Waals surface area contributed by atoms with Gasteiger partial charge in [0.15, 0.2) is 0 Å². The average molecular weight is 179 g/mol. The number of phenols is 1. The van der Waals surface area contributed by atoms with E-state index in [-0.39, 0.29) is 11.7 Å². The molecule has 0 radical (unpaired) electrons. The molecule has 0 saturated heterocycles. The van der Waals surface area contributed by atoms with Crippen molar-refractivity contribution in [3.63, 3.8) is 0 Å². The van der Waals surface area contributed by atoms with Gasteiger partial charge in [-0.1, -0.05) is 0 Å². The molecule has 1 aromatic carbocycles. The van der Waals surface area contributed by atoms with Gasteiger partial charge in [0.25, 0.3) is 0 Å². The maximum absolute atomic E-state index is 11.1. The predicted octanol–water partition coefficient (Wildman–Crippen LogP) is 1.11. The summed E-state index contributed by atoms with van der Waals surface area (Å²) < 4.78 is 5.28. The van der Waals surface area contributed by atoms with Crippen LogP contribution in [0.5, 0.6) is 11.5 Å². The Kier molecular flexibility index (Phi) is 1.81. The third kappa shape index (κ3) is 1.56. The van der Waals surface area contributed by atoms with E-state index in [2.05, 4.69) is 5.32 Å². The van der Waals surface area contributed by atoms with E-state index in [4.69, 9.17) is 9.84 Å². The fraction of sp³-hybridized carbons (Fsp3) is 0.222. The number of aromatic hydroxyl groups is 1. The standard InChI is InChI=1S/C9H9NO3/c11-6-1-2-8-7(5-6)10-9(12)3-4-13-8/h1-2,5,11H,3-4H2,(H,10,12). The van der Waals surface area contributed by atoms with Gasteiger partial charge in [0.2, 0.25) is 5.91 Å². The highest BCUT2D eigenvalue weighted by atomic mass is 16.5. The van der Waals surface area contributed by atoms with Crippen LogP contribution in [0.2, 0.25) is 0 Å². The predicted molar refractivity (Wildman–Crippen MR) is 46.8 cm³/mol. The fourth-order valence-electron chi connectivity index (χ4n) is 1.21. The van der Waals surface area contributed by atoms with Crippen molar-refractivity contribution < 1.29 is 14.6 Å². The largest absolute Gasteiger partial charge is 0.508 e. The highest BCUT2D eigenvalue weighted by Crippen LogP contribution is 2.30. The van der Waals surface area contributed by atoms with Gasteiger partial charge in [-0.3, -0.25) is 4.79 Å². The van der Waals surface area contributed by atoms with Crippen molar-refractivity contribution in [3.8, 4) is 11.5 Å². The number of amides is 1. The van der Waals surface area contributed by atoms with Crippen molar-refractivity contribution in [2.24, 2.45) is 0 Å². The number of benzene rings is 1. The Morgan fingerprint density at radius 1 is 1.46 bits per heavy atom. The highest BCUT2D eigenvalue weighted by molar-refractivity contribution is 5.93. The monoisotopic (exact) mass is 179 g/mol. The van der Waals surface area contributed by atoms with Crippen LogP contribution in [-0.2, 0) is 4.79 Å². The first-order valence-electron chi connectivity index (χ1n) is 4.01. The summed E-state index contributed by atoms with van der Waals surface area (Å²) in [6.45, 7) is 0.379. The first-order valence-corrected chi connectivity index (χ1v) is 4.01. The lowest BCUT2D eigenvalue weighted by atomic mass is 10.2. The van der Waals surface area contributed by atoms with Crippen molar-refractivity contribution in [2.75, 3.05) is 11.9 Å². The molecule has 2 rings (SSSR count). The smallest absolute Gasteiger partial charge is 0.227 e. The quantitative estimate of drug-likeness (QED) is 0.627. The molecule has 1 amide bonds. The molecule has 0 aromatic heterocycles. The van der Waals surface area contributed by atoms with Gasteiger partial charge in [-0.15, -0.1) is 0 Å². The Morgan fingerprint density at radius 2 is 2.31 bits per heavy atom. The number of carbonyl (C=O) groups excluding carboxylic acids is 1. The zero-order valence-electron chi connectivity index (χ0n) is 6.91. The number of anilines is 1. The number of hydrogen-bond donors (Lipinski definition) is 2. The second-order valence-electron chi connectivity index (χ2n) is 2.83. The Balaban J connectivity index is 2.40. The van der Waals surface area contributed by atoms with Crippen LogP contribution in [0, 0.1) is 0 Å². The van der Waals surface area contributed by atoms with Crippen LogP contribution < -0.4 is 10.1 Å². The van der Waals surface area contributed by atoms with Gasteiger partial charge in [-0.25, -0.2) is 0 Å². The summed E-state index contributed by atoms with van der Waals surface area (Å²) in [6.07, 6.45) is 0.343. The number of rotatable bonds is 0. The van der Waals surface area contributed by atoms with Crippen molar-refractivity contribution in [3.05, 3.63) is 18.2 Å². The van der Waals surface area contributed by atoms with Gasteiger partial charge >= 0.3 is 0 Å². The van der Waals surface area contributed by atoms with Crippen molar-refractivity contribution in [1.29, 1.82) is 0 Å². The summed E-state index contributed by atoms with van der Waals surface area (Å²) in [5.41, 5.74) is 0.530. The number of ether oxygens (including phenoxy) is 1. The molecule has 0 saturated carbocycles. The molecular formula is C9H9NO3. The molecule has 0 spiro atoms. The maximum atomic E-state index is 11.1. The van der Waals surface area contributed by atoms with Crippen molar-refractivity contribution in [1.82, 2.24) is 0 Å². The molecule has 2 N–H and O–H groups in total. The second-order valence-corrected chi connectivity index (χ2v) is 2.83. The molecule has 4 heteroatoms.